The molecule has 0 aliphatic carbocycles. The molecule has 14 heteroatoms. The molecule has 0 aliphatic rings. The van der Waals surface area contributed by atoms with E-state index in [-0.39, 0.29) is 39.7 Å². The number of benzene rings is 1. The highest BCUT2D eigenvalue weighted by molar-refractivity contribution is 7.92. The molecular formula is C21H19F4N7O2S. The van der Waals surface area contributed by atoms with Crippen LogP contribution in [0.2, 0.25) is 0 Å². The summed E-state index contributed by atoms with van der Waals surface area (Å²) in [5, 5.41) is 9.61. The fraction of sp³-hybridized carbons (Fsp3) is 0.238. The van der Waals surface area contributed by atoms with Gasteiger partial charge in [-0.25, -0.2) is 22.8 Å². The van der Waals surface area contributed by atoms with E-state index in [1.807, 2.05) is 0 Å². The summed E-state index contributed by atoms with van der Waals surface area (Å²) in [6, 6.07) is 3.64. The van der Waals surface area contributed by atoms with Crippen molar-refractivity contribution < 1.29 is 26.0 Å². The highest BCUT2D eigenvalue weighted by Crippen LogP contribution is 2.39. The van der Waals surface area contributed by atoms with Crippen LogP contribution in [-0.4, -0.2) is 38.3 Å². The Morgan fingerprint density at radius 2 is 1.74 bits per heavy atom. The number of nitrogens with zero attached hydrogens (tertiary/aromatic N) is 4. The number of fused-ring (bicyclic) bond motifs is 1. The summed E-state index contributed by atoms with van der Waals surface area (Å²) < 4.78 is 79.5. The summed E-state index contributed by atoms with van der Waals surface area (Å²) in [5.41, 5.74) is 4.59. The highest BCUT2D eigenvalue weighted by atomic mass is 32.2. The normalized spacial score (nSPS) is 12.8. The first-order valence-corrected chi connectivity index (χ1v) is 11.5. The number of rotatable bonds is 4. The molecule has 9 nitrogen and oxygen atoms in total. The van der Waals surface area contributed by atoms with Gasteiger partial charge in [0.05, 0.1) is 26.8 Å². The number of sulfone groups is 1. The Morgan fingerprint density at radius 1 is 1.03 bits per heavy atom. The molecule has 0 saturated carbocycles. The van der Waals surface area contributed by atoms with Crippen molar-refractivity contribution in [1.29, 1.82) is 0 Å². The molecule has 0 amide bonds. The fourth-order valence-electron chi connectivity index (χ4n) is 3.22. The minimum Gasteiger partial charge on any atom is -0.368 e. The van der Waals surface area contributed by atoms with E-state index in [0.717, 1.165) is 30.6 Å². The van der Waals surface area contributed by atoms with Crippen molar-refractivity contribution in [3.63, 3.8) is 0 Å². The molecule has 0 atom stereocenters. The number of anilines is 3. The Morgan fingerprint density at radius 3 is 2.40 bits per heavy atom. The van der Waals surface area contributed by atoms with Gasteiger partial charge in [-0.3, -0.25) is 5.10 Å². The van der Waals surface area contributed by atoms with Gasteiger partial charge < -0.3 is 11.1 Å². The van der Waals surface area contributed by atoms with E-state index in [9.17, 15) is 26.0 Å². The molecule has 3 aromatic heterocycles. The molecule has 0 bridgehead atoms. The highest BCUT2D eigenvalue weighted by Gasteiger charge is 2.36. The second kappa shape index (κ2) is 8.15. The Hall–Kier alpha value is -3.81. The number of pyridine rings is 1. The van der Waals surface area contributed by atoms with Gasteiger partial charge in [0, 0.05) is 11.8 Å². The maximum absolute atomic E-state index is 13.7. The van der Waals surface area contributed by atoms with Gasteiger partial charge in [-0.15, -0.1) is 0 Å². The molecule has 35 heavy (non-hydrogen) atoms. The number of H-pyrrole nitrogens is 1. The van der Waals surface area contributed by atoms with Crippen molar-refractivity contribution in [1.82, 2.24) is 25.1 Å². The Bertz CT molecular complexity index is 1540. The largest absolute Gasteiger partial charge is 0.416 e. The average molecular weight is 509 g/mol. The van der Waals surface area contributed by atoms with Crippen molar-refractivity contribution in [3.05, 3.63) is 48.0 Å². The number of nitrogens with one attached hydrogen (secondary N) is 2. The lowest BCUT2D eigenvalue weighted by Crippen LogP contribution is -2.28. The van der Waals surface area contributed by atoms with Gasteiger partial charge in [-0.05, 0) is 50.6 Å². The molecule has 4 aromatic rings. The minimum absolute atomic E-state index is 0.0165. The predicted octanol–water partition coefficient (Wildman–Crippen LogP) is 4.47. The molecule has 4 N–H and O–H groups in total. The van der Waals surface area contributed by atoms with Gasteiger partial charge >= 0.3 is 6.18 Å². The average Bonchev–Trinajstić information content (AvgIpc) is 3.14. The molecular weight excluding hydrogens is 490 g/mol. The lowest BCUT2D eigenvalue weighted by molar-refractivity contribution is -0.137. The van der Waals surface area contributed by atoms with Gasteiger partial charge in [-0.2, -0.15) is 23.3 Å². The van der Waals surface area contributed by atoms with Crippen LogP contribution in [0.3, 0.4) is 0 Å². The number of aromatic amines is 1. The third-order valence-corrected chi connectivity index (χ3v) is 7.56. The zero-order valence-electron chi connectivity index (χ0n) is 18.6. The lowest BCUT2D eigenvalue weighted by Gasteiger charge is -2.21. The van der Waals surface area contributed by atoms with Crippen molar-refractivity contribution in [2.75, 3.05) is 11.1 Å². The van der Waals surface area contributed by atoms with Gasteiger partial charge in [0.25, 0.3) is 0 Å². The van der Waals surface area contributed by atoms with E-state index in [4.69, 9.17) is 5.73 Å². The van der Waals surface area contributed by atoms with Crippen LogP contribution in [-0.2, 0) is 16.0 Å². The standard InChI is InChI=1S/C21H19F4N7O2S/c1-20(2,3)35(33,34)13-5-10(4-11(6-13)21(23,24)25)15-9-28-19(26)30-17(15)29-18-14-7-12(22)8-27-16(14)31-32-18/h4-9H,1-3H3,(H4,26,27,28,29,30,31,32). The molecule has 3 heterocycles. The molecule has 0 saturated heterocycles. The maximum atomic E-state index is 13.7. The quantitative estimate of drug-likeness (QED) is 0.343. The third-order valence-electron chi connectivity index (χ3n) is 5.09. The smallest absolute Gasteiger partial charge is 0.368 e. The number of hydrogen-bond acceptors (Lipinski definition) is 8. The maximum Gasteiger partial charge on any atom is 0.416 e. The predicted molar refractivity (Wildman–Crippen MR) is 121 cm³/mol. The van der Waals surface area contributed by atoms with Crippen LogP contribution in [0.5, 0.6) is 0 Å². The van der Waals surface area contributed by atoms with Crippen molar-refractivity contribution in [2.45, 2.75) is 36.6 Å². The van der Waals surface area contributed by atoms with E-state index in [1.165, 1.54) is 20.8 Å². The molecule has 1 aromatic carbocycles. The number of alkyl halides is 3. The van der Waals surface area contributed by atoms with E-state index in [0.29, 0.717) is 6.07 Å². The van der Waals surface area contributed by atoms with E-state index < -0.39 is 37.0 Å². The first-order chi connectivity index (χ1) is 16.2. The fourth-order valence-corrected chi connectivity index (χ4v) is 4.49. The van der Waals surface area contributed by atoms with Crippen LogP contribution >= 0.6 is 0 Å². The SMILES string of the molecule is CC(C)(C)S(=O)(=O)c1cc(-c2cnc(N)nc2Nc2[nH]nc3ncc(F)cc23)cc(C(F)(F)F)c1. The second-order valence-corrected chi connectivity index (χ2v) is 11.3. The van der Waals surface area contributed by atoms with Crippen molar-refractivity contribution >= 4 is 38.5 Å². The van der Waals surface area contributed by atoms with Gasteiger partial charge in [0.15, 0.2) is 15.5 Å². The van der Waals surface area contributed by atoms with Crippen LogP contribution in [0, 0.1) is 5.82 Å². The minimum atomic E-state index is -4.83. The summed E-state index contributed by atoms with van der Waals surface area (Å²) in [6.07, 6.45) is -2.70. The number of aromatic nitrogens is 5. The van der Waals surface area contributed by atoms with Crippen LogP contribution in [0.15, 0.2) is 41.6 Å². The Kier molecular flexibility index (Phi) is 5.66. The summed E-state index contributed by atoms with van der Waals surface area (Å²) in [5.74, 6) is -0.773. The number of halogens is 4. The first kappa shape index (κ1) is 24.3. The van der Waals surface area contributed by atoms with Gasteiger partial charge in [0.1, 0.15) is 17.5 Å². The molecule has 4 rings (SSSR count). The third kappa shape index (κ3) is 4.60. The number of hydrogen-bond donors (Lipinski definition) is 3. The van der Waals surface area contributed by atoms with Gasteiger partial charge in [0.2, 0.25) is 5.95 Å². The lowest BCUT2D eigenvalue weighted by atomic mass is 10.0. The molecule has 0 unspecified atom stereocenters. The van der Waals surface area contributed by atoms with Crippen LogP contribution in [0.25, 0.3) is 22.2 Å². The summed E-state index contributed by atoms with van der Waals surface area (Å²) >= 11 is 0. The van der Waals surface area contributed by atoms with Crippen molar-refractivity contribution in [2.24, 2.45) is 0 Å². The topological polar surface area (TPSA) is 140 Å². The van der Waals surface area contributed by atoms with E-state index >= 15 is 0 Å². The van der Waals surface area contributed by atoms with E-state index in [1.54, 1.807) is 0 Å². The summed E-state index contributed by atoms with van der Waals surface area (Å²) in [7, 11) is -4.15. The monoisotopic (exact) mass is 509 g/mol. The zero-order chi connectivity index (χ0) is 25.8. The summed E-state index contributed by atoms with van der Waals surface area (Å²) in [6.45, 7) is 4.16. The van der Waals surface area contributed by atoms with Crippen molar-refractivity contribution in [3.8, 4) is 11.1 Å². The zero-order valence-corrected chi connectivity index (χ0v) is 19.4. The van der Waals surface area contributed by atoms with E-state index in [2.05, 4.69) is 30.5 Å². The summed E-state index contributed by atoms with van der Waals surface area (Å²) in [4.78, 5) is 11.2. The first-order valence-electron chi connectivity index (χ1n) is 10.0. The van der Waals surface area contributed by atoms with Crippen LogP contribution in [0.1, 0.15) is 26.3 Å². The van der Waals surface area contributed by atoms with Crippen LogP contribution in [0.4, 0.5) is 35.1 Å². The second-order valence-electron chi connectivity index (χ2n) is 8.60. The molecule has 0 fully saturated rings. The Balaban J connectivity index is 1.92. The number of nitrogen functional groups attached to an aromatic ring is 1. The molecule has 184 valence electrons. The molecule has 0 spiro atoms. The molecule has 0 radical (unpaired) electrons. The Labute approximate surface area is 196 Å². The molecule has 0 aliphatic heterocycles. The van der Waals surface area contributed by atoms with Gasteiger partial charge in [-0.1, -0.05) is 0 Å². The van der Waals surface area contributed by atoms with Crippen LogP contribution < -0.4 is 11.1 Å². The number of nitrogens with two attached hydrogens (primary N) is 1.